The van der Waals surface area contributed by atoms with Gasteiger partial charge in [-0.2, -0.15) is 0 Å². The Morgan fingerprint density at radius 3 is 1.54 bits per heavy atom. The van der Waals surface area contributed by atoms with E-state index >= 15 is 56.7 Å². The standard InChI is InChI=1S/C98H121F3N16O22S/c1-10-11-26-76-97(138)117-50-63(120)46-78(117)93(134)109-71(47-83(125)126)90(131)112-85(54(4)5)98(139)115(8)77(43-55-20-14-12-15-21-55)92(133)110-73(41-58-29-33-62(119)34-30-58)95(136)113(6)75(35-36-82(123)124)91(132)108-70(45-60-48-103-67-25-19-18-24-64(60)67)89(130)107-69(40-57-27-31-61(118)32-28-57)88(129)106-68(37-53(2)3)87(128)111-74(86(127)104-49-80(102)121)51-140-52-81(122)105-72(42-59-38-65(99)84(101)66(100)39-59)94(135)116(9)79(96(137)114(76)7)44-56-22-16-13-17-23-56/h12-25,27-34,38-39,48,53-54,63,68-79,85,103,118-120H,10-11,26,35-37,40-47,49-52H2,1-9H3,(H2,102,121)(H,104,127)(H,105,122)(H,106,129)(H,107,130)(H,108,132)(H,109,134)(H,110,133)(H,111,128)(H,112,131)(H,123,124)(H,125,126). The smallest absolute Gasteiger partial charge is 0.305 e. The molecule has 17 N–H and O–H groups in total. The molecule has 2 aliphatic rings. The summed E-state index contributed by atoms with van der Waals surface area (Å²) in [5, 5.41) is 76.8. The van der Waals surface area contributed by atoms with Gasteiger partial charge in [-0.25, -0.2) is 13.2 Å². The molecule has 14 unspecified atom stereocenters. The summed E-state index contributed by atoms with van der Waals surface area (Å²) in [6.45, 7) is 6.70. The zero-order valence-corrected chi connectivity index (χ0v) is 79.7. The number of benzene rings is 6. The van der Waals surface area contributed by atoms with E-state index in [1.54, 1.807) is 106 Å². The van der Waals surface area contributed by atoms with Gasteiger partial charge in [0.25, 0.3) is 0 Å². The predicted octanol–water partition coefficient (Wildman–Crippen LogP) is 2.48. The van der Waals surface area contributed by atoms with Crippen LogP contribution in [-0.4, -0.2) is 293 Å². The van der Waals surface area contributed by atoms with Crippen molar-refractivity contribution in [2.45, 2.75) is 209 Å². The first kappa shape index (κ1) is 109. The number of aliphatic carboxylic acids is 2. The molecule has 1 aromatic heterocycles. The Bertz CT molecular complexity index is 5590. The lowest BCUT2D eigenvalue weighted by molar-refractivity contribution is -0.152. The average Bonchev–Trinajstić information content (AvgIpc) is 1.54. The second-order valence-corrected chi connectivity index (χ2v) is 36.8. The third-order valence-corrected chi connectivity index (χ3v) is 25.4. The van der Waals surface area contributed by atoms with Crippen LogP contribution in [0, 0.1) is 29.3 Å². The highest BCUT2D eigenvalue weighted by molar-refractivity contribution is 8.00. The van der Waals surface area contributed by atoms with E-state index in [-0.39, 0.29) is 49.2 Å². The van der Waals surface area contributed by atoms with Gasteiger partial charge in [-0.3, -0.25) is 81.5 Å². The SMILES string of the molecule is CCCCC1C(=O)N2CC(O)CC2C(=O)NC(CC(=O)O)C(=O)NC(C(C)C)C(=O)N(C)C(Cc2ccccc2)C(=O)NC(Cc2ccc(O)cc2)C(=O)N(C)C(CCC(=O)O)C(=O)NC(Cc2c[nH]c3ccccc23)C(=O)NC(Cc2ccc(O)cc2)C(=O)NC(CC(C)C)C(=O)NC(C(=O)NCC(N)=O)CSCC(=O)NC(Cc2cc(F)c(F)c(F)c2)C(=O)N(C)C(Cc2ccccc2)C(=O)N1C. The van der Waals surface area contributed by atoms with Crippen LogP contribution < -0.4 is 53.6 Å². The Hall–Kier alpha value is -14.5. The van der Waals surface area contributed by atoms with Crippen molar-refractivity contribution < 1.29 is 120 Å². The van der Waals surface area contributed by atoms with Crippen molar-refractivity contribution in [3.8, 4) is 11.5 Å². The average molecular weight is 1960 g/mol. The Morgan fingerprint density at radius 1 is 0.493 bits per heavy atom. The van der Waals surface area contributed by atoms with Gasteiger partial charge in [-0.1, -0.05) is 151 Å². The number of carboxylic acids is 2. The number of hydrogen-bond acceptors (Lipinski definition) is 21. The summed E-state index contributed by atoms with van der Waals surface area (Å²) in [4.78, 5) is 260. The highest BCUT2D eigenvalue weighted by Crippen LogP contribution is 2.29. The van der Waals surface area contributed by atoms with Gasteiger partial charge < -0.3 is 109 Å². The number of carboxylic acid groups (broad SMARTS) is 2. The quantitative estimate of drug-likeness (QED) is 0.0346. The maximum absolute atomic E-state index is 15.8. The number of aliphatic hydroxyl groups excluding tert-OH is 1. The van der Waals surface area contributed by atoms with Crippen LogP contribution in [0.2, 0.25) is 0 Å². The van der Waals surface area contributed by atoms with Gasteiger partial charge in [-0.05, 0) is 107 Å². The molecular formula is C98H121F3N16O22S. The number of halogens is 3. The predicted molar refractivity (Wildman–Crippen MR) is 506 cm³/mol. The number of carbonyl (C=O) groups excluding carboxylic acids is 15. The first-order valence-electron chi connectivity index (χ1n) is 45.8. The minimum atomic E-state index is -2.08. The van der Waals surface area contributed by atoms with Crippen LogP contribution in [0.1, 0.15) is 119 Å². The lowest BCUT2D eigenvalue weighted by Gasteiger charge is -2.38. The maximum atomic E-state index is 15.8. The summed E-state index contributed by atoms with van der Waals surface area (Å²) >= 11 is 0.635. The number of hydrogen-bond donors (Lipinski definition) is 16. The van der Waals surface area contributed by atoms with Gasteiger partial charge in [0.05, 0.1) is 24.8 Å². The van der Waals surface area contributed by atoms with Crippen molar-refractivity contribution in [2.75, 3.05) is 52.8 Å². The van der Waals surface area contributed by atoms with Crippen LogP contribution in [0.4, 0.5) is 13.2 Å². The van der Waals surface area contributed by atoms with Crippen molar-refractivity contribution in [1.29, 1.82) is 0 Å². The second kappa shape index (κ2) is 51.3. The monoisotopic (exact) mass is 1960 g/mol. The summed E-state index contributed by atoms with van der Waals surface area (Å²) in [5.41, 5.74) is 7.42. The number of nitrogens with two attached hydrogens (primary N) is 1. The number of amides is 15. The minimum absolute atomic E-state index is 0.151. The van der Waals surface area contributed by atoms with Gasteiger partial charge >= 0.3 is 11.9 Å². The number of likely N-dealkylation sites (N-methyl/N-ethyl adjacent to an activating group) is 4. The van der Waals surface area contributed by atoms with E-state index in [0.717, 1.165) is 38.6 Å². The largest absolute Gasteiger partial charge is 0.508 e. The fourth-order valence-corrected chi connectivity index (χ4v) is 17.5. The van der Waals surface area contributed by atoms with Crippen LogP contribution >= 0.6 is 11.8 Å². The zero-order chi connectivity index (χ0) is 103. The summed E-state index contributed by atoms with van der Waals surface area (Å²) in [5.74, 6) is -27.8. The van der Waals surface area contributed by atoms with Crippen LogP contribution in [0.3, 0.4) is 0 Å². The number of nitrogens with one attached hydrogen (secondary N) is 10. The number of phenols is 2. The van der Waals surface area contributed by atoms with E-state index in [9.17, 15) is 63.5 Å². The fourth-order valence-electron chi connectivity index (χ4n) is 16.7. The molecule has 6 aromatic carbocycles. The van der Waals surface area contributed by atoms with Gasteiger partial charge in [0, 0.05) is 109 Å². The van der Waals surface area contributed by atoms with Crippen LogP contribution in [0.5, 0.6) is 11.5 Å². The molecule has 140 heavy (non-hydrogen) atoms. The molecule has 0 bridgehead atoms. The third kappa shape index (κ3) is 30.8. The molecule has 2 saturated heterocycles. The first-order valence-corrected chi connectivity index (χ1v) is 46.9. The molecule has 9 rings (SSSR count). The molecule has 752 valence electrons. The third-order valence-electron chi connectivity index (χ3n) is 24.3. The van der Waals surface area contributed by atoms with Crippen molar-refractivity contribution >= 4 is 123 Å². The number of fused-ring (bicyclic) bond motifs is 2. The van der Waals surface area contributed by atoms with Gasteiger partial charge in [0.1, 0.15) is 90.0 Å². The van der Waals surface area contributed by atoms with Gasteiger partial charge in [-0.15, -0.1) is 11.8 Å². The first-order chi connectivity index (χ1) is 66.4. The molecular weight excluding hydrogens is 1840 g/mol. The number of aromatic amines is 1. The zero-order valence-electron chi connectivity index (χ0n) is 78.9. The van der Waals surface area contributed by atoms with E-state index in [1.807, 2.05) is 0 Å². The molecule has 14 atom stereocenters. The number of unbranched alkanes of at least 4 members (excludes halogenated alkanes) is 1. The number of aliphatic hydroxyl groups is 1. The molecule has 2 fully saturated rings. The Balaban J connectivity index is 1.17. The van der Waals surface area contributed by atoms with Gasteiger partial charge in [0.2, 0.25) is 88.6 Å². The highest BCUT2D eigenvalue weighted by atomic mass is 32.2. The van der Waals surface area contributed by atoms with Crippen molar-refractivity contribution in [1.82, 2.24) is 77.3 Å². The number of thioether (sulfide) groups is 1. The minimum Gasteiger partial charge on any atom is -0.508 e. The lowest BCUT2D eigenvalue weighted by atomic mass is 9.98. The molecule has 38 nitrogen and oxygen atoms in total. The molecule has 2 aliphatic heterocycles. The summed E-state index contributed by atoms with van der Waals surface area (Å²) < 4.78 is 45.2. The number of primary amides is 1. The molecule has 3 heterocycles. The number of aromatic hydroxyl groups is 2. The van der Waals surface area contributed by atoms with E-state index in [4.69, 9.17) is 5.73 Å². The second-order valence-electron chi connectivity index (χ2n) is 35.7. The molecule has 0 saturated carbocycles. The fraction of sp³-hybridized carbons (Fsp3) is 0.439. The van der Waals surface area contributed by atoms with Crippen molar-refractivity contribution in [2.24, 2.45) is 17.6 Å². The molecule has 7 aromatic rings. The summed E-state index contributed by atoms with van der Waals surface area (Å²) in [6.07, 6.45) is -5.67. The van der Waals surface area contributed by atoms with E-state index in [1.165, 1.54) is 82.7 Å². The Morgan fingerprint density at radius 2 is 0.971 bits per heavy atom. The molecule has 42 heteroatoms. The summed E-state index contributed by atoms with van der Waals surface area (Å²) in [7, 11) is 4.70. The van der Waals surface area contributed by atoms with E-state index in [0.29, 0.717) is 63.5 Å². The summed E-state index contributed by atoms with van der Waals surface area (Å²) in [6, 6.07) is 12.0. The van der Waals surface area contributed by atoms with Gasteiger partial charge in [0.15, 0.2) is 17.5 Å². The normalized spacial score (nSPS) is 23.1. The number of para-hydroxylation sites is 1. The number of H-pyrrole nitrogens is 1. The van der Waals surface area contributed by atoms with Crippen LogP contribution in [0.15, 0.2) is 152 Å². The van der Waals surface area contributed by atoms with E-state index in [2.05, 4.69) is 52.8 Å². The molecule has 0 radical (unpaired) electrons. The number of aromatic nitrogens is 1. The van der Waals surface area contributed by atoms with E-state index < -0.39 is 296 Å². The number of carbonyl (C=O) groups is 17. The topological polar surface area (TPSA) is 558 Å². The maximum Gasteiger partial charge on any atom is 0.305 e. The molecule has 0 aliphatic carbocycles. The number of rotatable bonds is 26. The number of phenolic OH excluding ortho intramolecular Hbond substituents is 2. The van der Waals surface area contributed by atoms with Crippen molar-refractivity contribution in [3.05, 3.63) is 203 Å². The Labute approximate surface area is 810 Å². The molecule has 0 spiro atoms. The number of nitrogens with zero attached hydrogens (tertiary/aromatic N) is 5. The van der Waals surface area contributed by atoms with Crippen molar-refractivity contribution in [3.63, 3.8) is 0 Å². The Kier molecular flexibility index (Phi) is 40.0. The lowest BCUT2D eigenvalue weighted by Crippen LogP contribution is -2.62. The van der Waals surface area contributed by atoms with Crippen LogP contribution in [-0.2, 0) is 120 Å². The molecule has 15 amide bonds. The van der Waals surface area contributed by atoms with Crippen LogP contribution in [0.25, 0.3) is 10.9 Å². The highest BCUT2D eigenvalue weighted by Gasteiger charge is 2.47.